The van der Waals surface area contributed by atoms with Gasteiger partial charge in [-0.05, 0) is 42.0 Å². The van der Waals surface area contributed by atoms with Crippen LogP contribution in [-0.4, -0.2) is 24.1 Å². The predicted octanol–water partition coefficient (Wildman–Crippen LogP) is 4.74. The summed E-state index contributed by atoms with van der Waals surface area (Å²) in [4.78, 5) is 8.76. The van der Waals surface area contributed by atoms with Crippen LogP contribution in [0.15, 0.2) is 73.4 Å². The first kappa shape index (κ1) is 17.2. The molecule has 5 nitrogen and oxygen atoms in total. The molecule has 0 bridgehead atoms. The van der Waals surface area contributed by atoms with Gasteiger partial charge >= 0.3 is 0 Å². The summed E-state index contributed by atoms with van der Waals surface area (Å²) in [6.45, 7) is 0. The second kappa shape index (κ2) is 6.63. The van der Waals surface area contributed by atoms with E-state index in [0.717, 1.165) is 34.1 Å². The average molecular weight is 387 g/mol. The van der Waals surface area contributed by atoms with Crippen molar-refractivity contribution in [1.82, 2.24) is 24.1 Å². The van der Waals surface area contributed by atoms with Crippen LogP contribution < -0.4 is 0 Å². The first-order valence-electron chi connectivity index (χ1n) is 8.96. The van der Waals surface area contributed by atoms with Crippen molar-refractivity contribution in [2.45, 2.75) is 0 Å². The van der Waals surface area contributed by atoms with E-state index in [0.29, 0.717) is 5.69 Å². The lowest BCUT2D eigenvalue weighted by Crippen LogP contribution is -1.92. The van der Waals surface area contributed by atoms with Crippen molar-refractivity contribution in [3.63, 3.8) is 0 Å². The number of pyridine rings is 2. The molecule has 5 rings (SSSR count). The second-order valence-electron chi connectivity index (χ2n) is 6.74. The van der Waals surface area contributed by atoms with Gasteiger partial charge in [-0.3, -0.25) is 14.1 Å². The quantitative estimate of drug-likeness (QED) is 0.449. The molecule has 1 aromatic carbocycles. The van der Waals surface area contributed by atoms with E-state index in [2.05, 4.69) is 15.1 Å². The van der Waals surface area contributed by atoms with Crippen molar-refractivity contribution in [2.24, 2.45) is 7.05 Å². The zero-order valence-corrected chi connectivity index (χ0v) is 15.4. The SMILES string of the molecule is Cn1cc(-c2ccn3c(-c4ccnc(-c5ccc(F)cc5F)c4)cnc3c2)cn1. The molecule has 5 aromatic rings. The average Bonchev–Trinajstić information content (AvgIpc) is 3.34. The third kappa shape index (κ3) is 3.06. The molecule has 0 spiro atoms. The summed E-state index contributed by atoms with van der Waals surface area (Å²) < 4.78 is 31.1. The van der Waals surface area contributed by atoms with Crippen molar-refractivity contribution >= 4 is 5.65 Å². The molecule has 0 fully saturated rings. The number of aryl methyl sites for hydroxylation is 1. The van der Waals surface area contributed by atoms with Crippen molar-refractivity contribution in [3.05, 3.63) is 85.1 Å². The maximum absolute atomic E-state index is 14.2. The maximum atomic E-state index is 14.2. The number of hydrogen-bond donors (Lipinski definition) is 0. The van der Waals surface area contributed by atoms with E-state index in [4.69, 9.17) is 0 Å². The van der Waals surface area contributed by atoms with Gasteiger partial charge in [0.25, 0.3) is 0 Å². The fourth-order valence-electron chi connectivity index (χ4n) is 3.38. The molecule has 0 aliphatic heterocycles. The highest BCUT2D eigenvalue weighted by Gasteiger charge is 2.12. The Morgan fingerprint density at radius 1 is 0.862 bits per heavy atom. The topological polar surface area (TPSA) is 48.0 Å². The predicted molar refractivity (Wildman–Crippen MR) is 106 cm³/mol. The second-order valence-corrected chi connectivity index (χ2v) is 6.74. The van der Waals surface area contributed by atoms with E-state index in [9.17, 15) is 8.78 Å². The first-order chi connectivity index (χ1) is 14.1. The van der Waals surface area contributed by atoms with E-state index in [1.54, 1.807) is 23.1 Å². The van der Waals surface area contributed by atoms with Crippen LogP contribution in [0.25, 0.3) is 39.3 Å². The maximum Gasteiger partial charge on any atom is 0.137 e. The minimum Gasteiger partial charge on any atom is -0.300 e. The van der Waals surface area contributed by atoms with Gasteiger partial charge in [0.1, 0.15) is 17.3 Å². The van der Waals surface area contributed by atoms with Gasteiger partial charge in [0.2, 0.25) is 0 Å². The highest BCUT2D eigenvalue weighted by atomic mass is 19.1. The lowest BCUT2D eigenvalue weighted by Gasteiger charge is -2.07. The summed E-state index contributed by atoms with van der Waals surface area (Å²) in [6, 6.07) is 11.1. The molecule has 0 saturated carbocycles. The van der Waals surface area contributed by atoms with Gasteiger partial charge in [0, 0.05) is 48.4 Å². The van der Waals surface area contributed by atoms with E-state index >= 15 is 0 Å². The molecule has 0 saturated heterocycles. The number of rotatable bonds is 3. The molecule has 4 heterocycles. The minimum atomic E-state index is -0.645. The van der Waals surface area contributed by atoms with Gasteiger partial charge in [-0.25, -0.2) is 13.8 Å². The van der Waals surface area contributed by atoms with Gasteiger partial charge in [0.05, 0.1) is 23.8 Å². The zero-order valence-electron chi connectivity index (χ0n) is 15.4. The number of nitrogens with zero attached hydrogens (tertiary/aromatic N) is 5. The van der Waals surface area contributed by atoms with Crippen LogP contribution in [0.1, 0.15) is 0 Å². The lowest BCUT2D eigenvalue weighted by atomic mass is 10.1. The monoisotopic (exact) mass is 387 g/mol. The molecule has 0 amide bonds. The van der Waals surface area contributed by atoms with E-state index < -0.39 is 11.6 Å². The van der Waals surface area contributed by atoms with Crippen molar-refractivity contribution in [1.29, 1.82) is 0 Å². The Balaban J connectivity index is 1.57. The molecule has 142 valence electrons. The van der Waals surface area contributed by atoms with Gasteiger partial charge in [-0.15, -0.1) is 0 Å². The smallest absolute Gasteiger partial charge is 0.137 e. The van der Waals surface area contributed by atoms with Crippen molar-refractivity contribution in [3.8, 4) is 33.6 Å². The molecule has 0 aliphatic rings. The summed E-state index contributed by atoms with van der Waals surface area (Å²) in [7, 11) is 1.88. The van der Waals surface area contributed by atoms with Crippen LogP contribution in [0, 0.1) is 11.6 Å². The van der Waals surface area contributed by atoms with Gasteiger partial charge in [-0.1, -0.05) is 0 Å². The molecule has 0 atom stereocenters. The number of hydrogen-bond acceptors (Lipinski definition) is 3. The fourth-order valence-corrected chi connectivity index (χ4v) is 3.38. The standard InChI is InChI=1S/C22H15F2N5/c1-28-13-16(11-27-28)14-5-7-29-21(12-26-22(29)9-14)15-4-6-25-20(8-15)18-3-2-17(23)10-19(18)24/h2-13H,1H3. The normalized spacial score (nSPS) is 11.3. The van der Waals surface area contributed by atoms with Crippen LogP contribution in [0.4, 0.5) is 8.78 Å². The van der Waals surface area contributed by atoms with Crippen LogP contribution in [-0.2, 0) is 7.05 Å². The Bertz CT molecular complexity index is 1350. The molecule has 7 heteroatoms. The summed E-state index contributed by atoms with van der Waals surface area (Å²) in [6.07, 6.45) is 9.07. The Morgan fingerprint density at radius 3 is 2.55 bits per heavy atom. The molecule has 4 aromatic heterocycles. The third-order valence-electron chi connectivity index (χ3n) is 4.81. The fraction of sp³-hybridized carbons (Fsp3) is 0.0455. The Labute approximate surface area is 164 Å². The van der Waals surface area contributed by atoms with Crippen molar-refractivity contribution < 1.29 is 8.78 Å². The van der Waals surface area contributed by atoms with Crippen LogP contribution in [0.2, 0.25) is 0 Å². The van der Waals surface area contributed by atoms with Gasteiger partial charge in [-0.2, -0.15) is 5.10 Å². The molecule has 0 aliphatic carbocycles. The van der Waals surface area contributed by atoms with Crippen LogP contribution in [0.3, 0.4) is 0 Å². The molecule has 0 unspecified atom stereocenters. The highest BCUT2D eigenvalue weighted by molar-refractivity contribution is 5.72. The Morgan fingerprint density at radius 2 is 1.76 bits per heavy atom. The molecular formula is C22H15F2N5. The molecule has 0 radical (unpaired) electrons. The number of halogens is 2. The molecule has 0 N–H and O–H groups in total. The highest BCUT2D eigenvalue weighted by Crippen LogP contribution is 2.28. The molecular weight excluding hydrogens is 372 g/mol. The number of fused-ring (bicyclic) bond motifs is 1. The number of benzene rings is 1. The van der Waals surface area contributed by atoms with Crippen LogP contribution >= 0.6 is 0 Å². The Hall–Kier alpha value is -3.87. The zero-order chi connectivity index (χ0) is 20.0. The Kier molecular flexibility index (Phi) is 3.94. The first-order valence-corrected chi connectivity index (χ1v) is 8.96. The molecule has 29 heavy (non-hydrogen) atoms. The van der Waals surface area contributed by atoms with E-state index in [1.165, 1.54) is 12.1 Å². The lowest BCUT2D eigenvalue weighted by molar-refractivity contribution is 0.585. The van der Waals surface area contributed by atoms with Crippen LogP contribution in [0.5, 0.6) is 0 Å². The third-order valence-corrected chi connectivity index (χ3v) is 4.81. The minimum absolute atomic E-state index is 0.251. The summed E-state index contributed by atoms with van der Waals surface area (Å²) >= 11 is 0. The number of aromatic nitrogens is 5. The number of imidazole rings is 1. The van der Waals surface area contributed by atoms with E-state index in [-0.39, 0.29) is 5.56 Å². The van der Waals surface area contributed by atoms with Gasteiger partial charge in [0.15, 0.2) is 0 Å². The van der Waals surface area contributed by atoms with Crippen molar-refractivity contribution in [2.75, 3.05) is 0 Å². The summed E-state index contributed by atoms with van der Waals surface area (Å²) in [5, 5.41) is 4.21. The largest absolute Gasteiger partial charge is 0.300 e. The van der Waals surface area contributed by atoms with Gasteiger partial charge < -0.3 is 0 Å². The summed E-state index contributed by atoms with van der Waals surface area (Å²) in [5.41, 5.74) is 5.18. The van der Waals surface area contributed by atoms with E-state index in [1.807, 2.05) is 48.2 Å². The summed E-state index contributed by atoms with van der Waals surface area (Å²) in [5.74, 6) is -1.26.